The van der Waals surface area contributed by atoms with Crippen LogP contribution in [0.2, 0.25) is 39.3 Å². The zero-order valence-electron chi connectivity index (χ0n) is 15.0. The number of rotatable bonds is 9. The van der Waals surface area contributed by atoms with Crippen molar-refractivity contribution in [1.82, 2.24) is 0 Å². The van der Waals surface area contributed by atoms with Gasteiger partial charge in [-0.1, -0.05) is 0 Å². The summed E-state index contributed by atoms with van der Waals surface area (Å²) in [5, 5.41) is 0. The summed E-state index contributed by atoms with van der Waals surface area (Å²) < 4.78 is 22.4. The molecule has 0 aliphatic carbocycles. The third-order valence-corrected chi connectivity index (χ3v) is 4.35. The van der Waals surface area contributed by atoms with Crippen LogP contribution in [-0.2, 0) is 27.9 Å². The van der Waals surface area contributed by atoms with E-state index < -0.39 is 28.8 Å². The molecule has 0 aromatic rings. The lowest BCUT2D eigenvalue weighted by atomic mass is 10.2. The quantitative estimate of drug-likeness (QED) is 0.470. The third-order valence-electron chi connectivity index (χ3n) is 2.33. The van der Waals surface area contributed by atoms with Gasteiger partial charge >= 0.3 is 11.9 Å². The van der Waals surface area contributed by atoms with Gasteiger partial charge in [0, 0.05) is 13.8 Å². The number of hydrogen-bond acceptors (Lipinski definition) is 6. The second-order valence-corrected chi connectivity index (χ2v) is 16.1. The summed E-state index contributed by atoms with van der Waals surface area (Å²) in [5.41, 5.74) is 0. The molecular formula is C14H30O6Si2. The van der Waals surface area contributed by atoms with Gasteiger partial charge in [0.1, 0.15) is 25.4 Å². The molecule has 22 heavy (non-hydrogen) atoms. The molecule has 0 spiro atoms. The molecule has 0 aliphatic heterocycles. The smallest absolute Gasteiger partial charge is 0.302 e. The topological polar surface area (TPSA) is 71.1 Å². The highest BCUT2D eigenvalue weighted by atomic mass is 28.4. The largest absolute Gasteiger partial charge is 0.463 e. The maximum absolute atomic E-state index is 11.1. The van der Waals surface area contributed by atoms with Crippen molar-refractivity contribution in [2.24, 2.45) is 0 Å². The predicted molar refractivity (Wildman–Crippen MR) is 89.7 cm³/mol. The van der Waals surface area contributed by atoms with E-state index in [9.17, 15) is 9.59 Å². The highest BCUT2D eigenvalue weighted by Gasteiger charge is 2.33. The normalized spacial score (nSPS) is 15.1. The van der Waals surface area contributed by atoms with Crippen LogP contribution in [0, 0.1) is 0 Å². The van der Waals surface area contributed by atoms with E-state index >= 15 is 0 Å². The Morgan fingerprint density at radius 3 is 1.18 bits per heavy atom. The van der Waals surface area contributed by atoms with Gasteiger partial charge in [0.05, 0.1) is 0 Å². The Labute approximate surface area is 135 Å². The van der Waals surface area contributed by atoms with Crippen LogP contribution in [-0.4, -0.2) is 54.0 Å². The van der Waals surface area contributed by atoms with Gasteiger partial charge in [0.2, 0.25) is 0 Å². The van der Waals surface area contributed by atoms with Crippen LogP contribution in [0.25, 0.3) is 0 Å². The predicted octanol–water partition coefficient (Wildman–Crippen LogP) is 2.55. The lowest BCUT2D eigenvalue weighted by molar-refractivity contribution is -0.151. The Kier molecular flexibility index (Phi) is 8.52. The van der Waals surface area contributed by atoms with Crippen molar-refractivity contribution in [3.63, 3.8) is 0 Å². The standard InChI is InChI=1S/C14H30O6Si2/c1-11(15)17-9-13(19-21(3,4)5)14(10-18-12(2)16)20-22(6,7)8/h13-14H,9-10H2,1-8H3/t13-,14-/m1/s1. The fourth-order valence-electron chi connectivity index (χ4n) is 1.74. The first-order chi connectivity index (χ1) is 9.80. The molecule has 0 aromatic heterocycles. The van der Waals surface area contributed by atoms with Crippen LogP contribution < -0.4 is 0 Å². The van der Waals surface area contributed by atoms with E-state index in [0.29, 0.717) is 0 Å². The van der Waals surface area contributed by atoms with Gasteiger partial charge in [0.15, 0.2) is 16.6 Å². The average Bonchev–Trinajstić information content (AvgIpc) is 2.26. The lowest BCUT2D eigenvalue weighted by Gasteiger charge is -2.35. The Balaban J connectivity index is 5.11. The number of esters is 2. The van der Waals surface area contributed by atoms with Crippen molar-refractivity contribution in [3.05, 3.63) is 0 Å². The Bertz CT molecular complexity index is 337. The van der Waals surface area contributed by atoms with Gasteiger partial charge in [-0.2, -0.15) is 0 Å². The maximum Gasteiger partial charge on any atom is 0.302 e. The summed E-state index contributed by atoms with van der Waals surface area (Å²) in [6.07, 6.45) is -0.886. The minimum absolute atomic E-state index is 0.0933. The summed E-state index contributed by atoms with van der Waals surface area (Å²) in [6.45, 7) is 15.2. The van der Waals surface area contributed by atoms with Crippen LogP contribution >= 0.6 is 0 Å². The average molecular weight is 351 g/mol. The van der Waals surface area contributed by atoms with Crippen LogP contribution in [0.5, 0.6) is 0 Å². The second-order valence-electron chi connectivity index (χ2n) is 7.14. The van der Waals surface area contributed by atoms with E-state index in [1.54, 1.807) is 0 Å². The molecule has 0 aromatic carbocycles. The number of carbonyl (C=O) groups excluding carboxylic acids is 2. The third kappa shape index (κ3) is 11.9. The second kappa shape index (κ2) is 8.80. The lowest BCUT2D eigenvalue weighted by Crippen LogP contribution is -2.49. The van der Waals surface area contributed by atoms with Crippen LogP contribution in [0.4, 0.5) is 0 Å². The zero-order chi connectivity index (χ0) is 17.6. The SMILES string of the molecule is CC(=O)OC[C@@H](O[Si](C)(C)C)[C@@H](COC(C)=O)O[Si](C)(C)C. The first-order valence-corrected chi connectivity index (χ1v) is 14.2. The highest BCUT2D eigenvalue weighted by Crippen LogP contribution is 2.18. The minimum atomic E-state index is -1.88. The van der Waals surface area contributed by atoms with Crippen LogP contribution in [0.15, 0.2) is 0 Å². The molecule has 2 atom stereocenters. The number of ether oxygens (including phenoxy) is 2. The van der Waals surface area contributed by atoms with Crippen molar-refractivity contribution in [3.8, 4) is 0 Å². The molecule has 0 unspecified atom stereocenters. The summed E-state index contributed by atoms with van der Waals surface area (Å²) in [4.78, 5) is 22.2. The fourth-order valence-corrected chi connectivity index (χ4v) is 4.00. The molecule has 8 heteroatoms. The molecule has 0 amide bonds. The van der Waals surface area contributed by atoms with Crippen LogP contribution in [0.3, 0.4) is 0 Å². The van der Waals surface area contributed by atoms with Crippen molar-refractivity contribution in [1.29, 1.82) is 0 Å². The molecule has 0 saturated carbocycles. The summed E-state index contributed by atoms with van der Waals surface area (Å²) in [5.74, 6) is -0.744. The first kappa shape index (κ1) is 21.3. The molecule has 0 rings (SSSR count). The molecule has 0 radical (unpaired) electrons. The van der Waals surface area contributed by atoms with E-state index in [-0.39, 0.29) is 25.2 Å². The highest BCUT2D eigenvalue weighted by molar-refractivity contribution is 6.70. The Morgan fingerprint density at radius 1 is 0.727 bits per heavy atom. The molecule has 6 nitrogen and oxygen atoms in total. The van der Waals surface area contributed by atoms with E-state index in [4.69, 9.17) is 18.3 Å². The molecule has 0 N–H and O–H groups in total. The molecular weight excluding hydrogens is 320 g/mol. The van der Waals surface area contributed by atoms with E-state index in [0.717, 1.165) is 0 Å². The number of carbonyl (C=O) groups is 2. The van der Waals surface area contributed by atoms with Crippen LogP contribution in [0.1, 0.15) is 13.8 Å². The Hall–Kier alpha value is -0.706. The first-order valence-electron chi connectivity index (χ1n) is 7.42. The molecule has 0 bridgehead atoms. The van der Waals surface area contributed by atoms with Gasteiger partial charge in [-0.05, 0) is 39.3 Å². The molecule has 0 saturated heterocycles. The maximum atomic E-state index is 11.1. The van der Waals surface area contributed by atoms with E-state index in [1.165, 1.54) is 13.8 Å². The fraction of sp³-hybridized carbons (Fsp3) is 0.857. The van der Waals surface area contributed by atoms with Gasteiger partial charge in [-0.25, -0.2) is 0 Å². The molecule has 0 aliphatic rings. The summed E-state index contributed by atoms with van der Waals surface area (Å²) in [7, 11) is -3.77. The van der Waals surface area contributed by atoms with Gasteiger partial charge in [-0.3, -0.25) is 9.59 Å². The van der Waals surface area contributed by atoms with Crippen molar-refractivity contribution in [2.75, 3.05) is 13.2 Å². The van der Waals surface area contributed by atoms with Crippen molar-refractivity contribution in [2.45, 2.75) is 65.3 Å². The Morgan fingerprint density at radius 2 is 1.00 bits per heavy atom. The number of hydrogen-bond donors (Lipinski definition) is 0. The molecule has 0 fully saturated rings. The van der Waals surface area contributed by atoms with E-state index in [1.807, 2.05) is 39.3 Å². The monoisotopic (exact) mass is 350 g/mol. The van der Waals surface area contributed by atoms with Gasteiger partial charge < -0.3 is 18.3 Å². The van der Waals surface area contributed by atoms with E-state index in [2.05, 4.69) is 0 Å². The minimum Gasteiger partial charge on any atom is -0.463 e. The zero-order valence-corrected chi connectivity index (χ0v) is 17.0. The van der Waals surface area contributed by atoms with Crippen molar-refractivity contribution < 1.29 is 27.9 Å². The van der Waals surface area contributed by atoms with Gasteiger partial charge in [-0.15, -0.1) is 0 Å². The summed E-state index contributed by atoms with van der Waals surface area (Å²) in [6, 6.07) is 0. The molecule has 130 valence electrons. The summed E-state index contributed by atoms with van der Waals surface area (Å²) >= 11 is 0. The van der Waals surface area contributed by atoms with Crippen molar-refractivity contribution >= 4 is 28.6 Å². The molecule has 0 heterocycles. The van der Waals surface area contributed by atoms with Gasteiger partial charge in [0.25, 0.3) is 0 Å².